The highest BCUT2D eigenvalue weighted by Gasteiger charge is 2.50. The summed E-state index contributed by atoms with van der Waals surface area (Å²) in [5, 5.41) is 0. The van der Waals surface area contributed by atoms with Crippen molar-refractivity contribution in [1.82, 2.24) is 0 Å². The van der Waals surface area contributed by atoms with Gasteiger partial charge in [-0.1, -0.05) is 85.6 Å². The zero-order chi connectivity index (χ0) is 23.7. The first-order valence-electron chi connectivity index (χ1n) is 12.5. The van der Waals surface area contributed by atoms with E-state index >= 15 is 0 Å². The normalized spacial score (nSPS) is 28.0. The smallest absolute Gasteiger partial charge is 0.126 e. The Morgan fingerprint density at radius 2 is 1.70 bits per heavy atom. The predicted molar refractivity (Wildman–Crippen MR) is 134 cm³/mol. The maximum absolute atomic E-state index is 11.3. The highest BCUT2D eigenvalue weighted by molar-refractivity contribution is 5.72. The summed E-state index contributed by atoms with van der Waals surface area (Å²) in [4.78, 5) is 20.7. The fourth-order valence-electron chi connectivity index (χ4n) is 4.91. The number of ketones is 1. The molecule has 0 N–H and O–H groups in total. The van der Waals surface area contributed by atoms with Gasteiger partial charge in [0.05, 0.1) is 0 Å². The molecular weight excluding hydrogens is 368 g/mol. The lowest BCUT2D eigenvalue weighted by molar-refractivity contribution is -0.115. The van der Waals surface area contributed by atoms with E-state index in [9.17, 15) is 9.59 Å². The van der Waals surface area contributed by atoms with Gasteiger partial charge in [-0.25, -0.2) is 0 Å². The maximum atomic E-state index is 11.3. The molecule has 0 saturated heterocycles. The number of hydrogen-bond acceptors (Lipinski definition) is 2. The van der Waals surface area contributed by atoms with E-state index in [1.807, 2.05) is 27.7 Å². The average Bonchev–Trinajstić information content (AvgIpc) is 3.10. The molecule has 2 fully saturated rings. The molecule has 2 nitrogen and oxygen atoms in total. The Morgan fingerprint density at radius 1 is 1.13 bits per heavy atom. The minimum Gasteiger partial charge on any atom is -0.303 e. The first kappa shape index (κ1) is 31.0. The summed E-state index contributed by atoms with van der Waals surface area (Å²) in [6, 6.07) is 0. The quantitative estimate of drug-likeness (QED) is 0.403. The number of allylic oxidation sites excluding steroid dienone is 4. The van der Waals surface area contributed by atoms with Crippen LogP contribution in [-0.4, -0.2) is 12.1 Å². The molecule has 0 spiro atoms. The van der Waals surface area contributed by atoms with Gasteiger partial charge in [0.25, 0.3) is 0 Å². The van der Waals surface area contributed by atoms with Crippen LogP contribution in [0.1, 0.15) is 114 Å². The lowest BCUT2D eigenvalue weighted by Gasteiger charge is -2.43. The van der Waals surface area contributed by atoms with E-state index in [4.69, 9.17) is 0 Å². The molecule has 0 bridgehead atoms. The number of aldehydes is 1. The Bertz CT molecular complexity index is 513. The Balaban J connectivity index is 0. The van der Waals surface area contributed by atoms with Crippen LogP contribution < -0.4 is 0 Å². The van der Waals surface area contributed by atoms with Gasteiger partial charge in [-0.2, -0.15) is 0 Å². The summed E-state index contributed by atoms with van der Waals surface area (Å²) in [6.07, 6.45) is 17.0. The number of fused-ring (bicyclic) bond motifs is 1. The van der Waals surface area contributed by atoms with Crippen LogP contribution in [0.5, 0.6) is 0 Å². The van der Waals surface area contributed by atoms with Gasteiger partial charge in [-0.05, 0) is 75.5 Å². The first-order valence-corrected chi connectivity index (χ1v) is 12.5. The second-order valence-electron chi connectivity index (χ2n) is 8.92. The van der Waals surface area contributed by atoms with E-state index < -0.39 is 0 Å². The topological polar surface area (TPSA) is 34.1 Å². The maximum Gasteiger partial charge on any atom is 0.126 e. The van der Waals surface area contributed by atoms with Crippen LogP contribution >= 0.6 is 0 Å². The van der Waals surface area contributed by atoms with Crippen LogP contribution in [0.3, 0.4) is 0 Å². The fourth-order valence-corrected chi connectivity index (χ4v) is 4.91. The molecular formula is C28H52O2. The summed E-state index contributed by atoms with van der Waals surface area (Å²) >= 11 is 0. The van der Waals surface area contributed by atoms with E-state index in [2.05, 4.69) is 45.9 Å². The van der Waals surface area contributed by atoms with Crippen molar-refractivity contribution in [3.8, 4) is 0 Å². The van der Waals surface area contributed by atoms with Crippen molar-refractivity contribution in [2.45, 2.75) is 114 Å². The molecule has 0 heterocycles. The molecule has 2 aliphatic rings. The Morgan fingerprint density at radius 3 is 2.20 bits per heavy atom. The molecule has 0 aliphatic heterocycles. The van der Waals surface area contributed by atoms with Gasteiger partial charge < -0.3 is 9.59 Å². The minimum absolute atomic E-state index is 0.167. The van der Waals surface area contributed by atoms with Gasteiger partial charge in [-0.15, -0.1) is 0 Å². The first-order chi connectivity index (χ1) is 14.3. The third-order valence-electron chi connectivity index (χ3n) is 6.57. The van der Waals surface area contributed by atoms with Gasteiger partial charge in [0.1, 0.15) is 12.1 Å². The highest BCUT2D eigenvalue weighted by atomic mass is 16.1. The summed E-state index contributed by atoms with van der Waals surface area (Å²) < 4.78 is 0. The van der Waals surface area contributed by atoms with E-state index in [0.29, 0.717) is 17.3 Å². The van der Waals surface area contributed by atoms with Crippen molar-refractivity contribution in [3.05, 3.63) is 23.8 Å². The Hall–Kier alpha value is -1.18. The molecule has 0 amide bonds. The molecule has 0 aromatic rings. The van der Waals surface area contributed by atoms with E-state index in [-0.39, 0.29) is 11.7 Å². The van der Waals surface area contributed by atoms with Crippen LogP contribution in [0.4, 0.5) is 0 Å². The second kappa shape index (κ2) is 17.5. The predicted octanol–water partition coefficient (Wildman–Crippen LogP) is 8.60. The van der Waals surface area contributed by atoms with Gasteiger partial charge in [-0.3, -0.25) is 0 Å². The lowest BCUT2D eigenvalue weighted by Crippen LogP contribution is -2.36. The molecule has 2 rings (SSSR count). The van der Waals surface area contributed by atoms with Crippen molar-refractivity contribution >= 4 is 12.1 Å². The molecule has 3 unspecified atom stereocenters. The number of carbonyl (C=O) groups is 2. The Labute approximate surface area is 189 Å². The molecule has 2 heteroatoms. The van der Waals surface area contributed by atoms with Gasteiger partial charge >= 0.3 is 0 Å². The molecule has 0 aromatic heterocycles. The van der Waals surface area contributed by atoms with Crippen LogP contribution in [-0.2, 0) is 9.59 Å². The number of rotatable bonds is 6. The summed E-state index contributed by atoms with van der Waals surface area (Å²) in [7, 11) is 0. The second-order valence-corrected chi connectivity index (χ2v) is 8.92. The van der Waals surface area contributed by atoms with Crippen molar-refractivity contribution < 1.29 is 9.59 Å². The monoisotopic (exact) mass is 420 g/mol. The molecule has 5 atom stereocenters. The fraction of sp³-hybridized carbons (Fsp3) is 0.786. The number of carbonyl (C=O) groups excluding carboxylic acids is 2. The lowest BCUT2D eigenvalue weighted by atomic mass is 9.61. The summed E-state index contributed by atoms with van der Waals surface area (Å²) in [5.74, 6) is 2.47. The van der Waals surface area contributed by atoms with Crippen molar-refractivity contribution in [1.29, 1.82) is 0 Å². The van der Waals surface area contributed by atoms with E-state index in [1.54, 1.807) is 5.57 Å². The molecule has 176 valence electrons. The molecule has 30 heavy (non-hydrogen) atoms. The number of Topliss-reactive ketones (excluding diaryl/α,β-unsaturated/α-hetero) is 1. The van der Waals surface area contributed by atoms with Crippen LogP contribution in [0, 0.1) is 29.1 Å². The minimum atomic E-state index is 0.167. The zero-order valence-electron chi connectivity index (χ0n) is 21.9. The SMILES string of the molecule is CC.CC.CC(C)=O.CCC(C)C/C=C\C=C1/CCCC2(C)C([C@H](C)C=O)CC[C@@H]12. The Kier molecular flexibility index (Phi) is 18.1. The number of hydrogen-bond donors (Lipinski definition) is 0. The molecule has 0 radical (unpaired) electrons. The van der Waals surface area contributed by atoms with E-state index in [0.717, 1.165) is 5.92 Å². The molecule has 0 aromatic carbocycles. The van der Waals surface area contributed by atoms with Crippen molar-refractivity contribution in [2.75, 3.05) is 0 Å². The third kappa shape index (κ3) is 10.2. The third-order valence-corrected chi connectivity index (χ3v) is 6.57. The summed E-state index contributed by atoms with van der Waals surface area (Å²) in [6.45, 7) is 20.2. The van der Waals surface area contributed by atoms with Crippen molar-refractivity contribution in [3.63, 3.8) is 0 Å². The average molecular weight is 421 g/mol. The van der Waals surface area contributed by atoms with Gasteiger partial charge in [0, 0.05) is 5.92 Å². The largest absolute Gasteiger partial charge is 0.303 e. The standard InChI is InChI=1S/C21H34O.C3H6O.2C2H6/c1-5-16(2)9-6-7-10-18-11-8-14-21(4)19(17(3)15-22)12-13-20(18)21;1-3(2)4;2*1-2/h6-7,10,15-17,19-20H,5,8-9,11-14H2,1-4H3;1-2H3;2*1-2H3/b7-6-,18-10+;;;/t16?,17-,19?,20+,21?;;;/m1.../s1. The van der Waals surface area contributed by atoms with Crippen LogP contribution in [0.2, 0.25) is 0 Å². The van der Waals surface area contributed by atoms with Crippen molar-refractivity contribution in [2.24, 2.45) is 29.1 Å². The van der Waals surface area contributed by atoms with Gasteiger partial charge in [0.15, 0.2) is 0 Å². The zero-order valence-corrected chi connectivity index (χ0v) is 21.9. The molecule has 2 aliphatic carbocycles. The van der Waals surface area contributed by atoms with Crippen LogP contribution in [0.15, 0.2) is 23.8 Å². The van der Waals surface area contributed by atoms with Crippen LogP contribution in [0.25, 0.3) is 0 Å². The molecule has 2 saturated carbocycles. The van der Waals surface area contributed by atoms with Gasteiger partial charge in [0.2, 0.25) is 0 Å². The summed E-state index contributed by atoms with van der Waals surface area (Å²) in [5.41, 5.74) is 2.00. The van der Waals surface area contributed by atoms with E-state index in [1.165, 1.54) is 65.1 Å². The highest BCUT2D eigenvalue weighted by Crippen LogP contribution is 2.59.